The molecule has 12 heteroatoms. The standard InChI is InChI=1S/C27H35F3N4O4S/c1-17(2)34(3)20-11-9-18(16-39(37,38)21-7-5-4-6-8-21)23(14-20)32-25(35)15-26(36)33-24-13-19(27(28,29)30)10-12-22(24)31/h4-8,10,12-13,17-18,20,23H,9,11,14-16,31H2,1-3H3,(H,32,35)(H,33,36)/t18-,20-,23-/m0/s1. The van der Waals surface area contributed by atoms with Crippen LogP contribution in [0, 0.1) is 5.92 Å². The third-order valence-electron chi connectivity index (χ3n) is 7.21. The monoisotopic (exact) mass is 568 g/mol. The fourth-order valence-electron chi connectivity index (χ4n) is 4.82. The average Bonchev–Trinajstić information content (AvgIpc) is 2.85. The van der Waals surface area contributed by atoms with Crippen LogP contribution in [0.5, 0.6) is 0 Å². The molecule has 1 aliphatic carbocycles. The molecule has 8 nitrogen and oxygen atoms in total. The normalized spacial score (nSPS) is 20.2. The minimum absolute atomic E-state index is 0.0743. The summed E-state index contributed by atoms with van der Waals surface area (Å²) in [5.41, 5.74) is 4.41. The van der Waals surface area contributed by atoms with Gasteiger partial charge in [-0.1, -0.05) is 18.2 Å². The van der Waals surface area contributed by atoms with Gasteiger partial charge in [-0.05, 0) is 76.4 Å². The fraction of sp³-hybridized carbons (Fsp3) is 0.481. The van der Waals surface area contributed by atoms with Crippen molar-refractivity contribution in [1.82, 2.24) is 10.2 Å². The van der Waals surface area contributed by atoms with Crippen molar-refractivity contribution >= 4 is 33.0 Å². The predicted octanol–water partition coefficient (Wildman–Crippen LogP) is 4.08. The SMILES string of the molecule is CC(C)N(C)[C@H]1CC[C@@H](CS(=O)(=O)c2ccccc2)[C@@H](NC(=O)CC(=O)Nc2cc(C(F)(F)F)ccc2N)C1. The topological polar surface area (TPSA) is 122 Å². The summed E-state index contributed by atoms with van der Waals surface area (Å²) in [4.78, 5) is 27.8. The molecule has 0 radical (unpaired) electrons. The van der Waals surface area contributed by atoms with Crippen LogP contribution in [0.4, 0.5) is 24.5 Å². The maximum Gasteiger partial charge on any atom is 0.416 e. The molecule has 2 aromatic carbocycles. The molecule has 2 amide bonds. The lowest BCUT2D eigenvalue weighted by Crippen LogP contribution is -2.52. The highest BCUT2D eigenvalue weighted by atomic mass is 32.2. The molecular formula is C27H35F3N4O4S. The van der Waals surface area contributed by atoms with E-state index in [-0.39, 0.29) is 40.0 Å². The minimum Gasteiger partial charge on any atom is -0.397 e. The number of nitrogens with zero attached hydrogens (tertiary/aromatic N) is 1. The second-order valence-corrected chi connectivity index (χ2v) is 12.3. The molecule has 39 heavy (non-hydrogen) atoms. The first-order chi connectivity index (χ1) is 18.2. The summed E-state index contributed by atoms with van der Waals surface area (Å²) in [6.45, 7) is 4.09. The van der Waals surface area contributed by atoms with E-state index in [1.807, 2.05) is 20.9 Å². The van der Waals surface area contributed by atoms with Crippen LogP contribution in [-0.2, 0) is 25.6 Å². The summed E-state index contributed by atoms with van der Waals surface area (Å²) >= 11 is 0. The number of hydrogen-bond donors (Lipinski definition) is 3. The van der Waals surface area contributed by atoms with Crippen molar-refractivity contribution in [2.24, 2.45) is 5.92 Å². The van der Waals surface area contributed by atoms with Gasteiger partial charge in [0.1, 0.15) is 6.42 Å². The van der Waals surface area contributed by atoms with Crippen molar-refractivity contribution in [3.05, 3.63) is 54.1 Å². The molecule has 0 spiro atoms. The van der Waals surface area contributed by atoms with Gasteiger partial charge in [-0.15, -0.1) is 0 Å². The number of rotatable bonds is 9. The Morgan fingerprint density at radius 2 is 1.74 bits per heavy atom. The number of nitrogens with one attached hydrogen (secondary N) is 2. The first kappa shape index (κ1) is 30.4. The quantitative estimate of drug-likeness (QED) is 0.310. The molecule has 0 saturated heterocycles. The van der Waals surface area contributed by atoms with E-state index in [1.54, 1.807) is 18.2 Å². The maximum atomic E-state index is 13.1. The fourth-order valence-corrected chi connectivity index (χ4v) is 6.55. The lowest BCUT2D eigenvalue weighted by Gasteiger charge is -2.41. The number of anilines is 2. The number of nitrogen functional groups attached to an aromatic ring is 1. The summed E-state index contributed by atoms with van der Waals surface area (Å²) in [7, 11) is -1.64. The summed E-state index contributed by atoms with van der Waals surface area (Å²) in [5, 5.41) is 5.11. The van der Waals surface area contributed by atoms with E-state index in [0.29, 0.717) is 18.9 Å². The van der Waals surface area contributed by atoms with Crippen LogP contribution in [0.1, 0.15) is 45.1 Å². The minimum atomic E-state index is -4.62. The number of benzene rings is 2. The van der Waals surface area contributed by atoms with Gasteiger partial charge in [-0.2, -0.15) is 13.2 Å². The van der Waals surface area contributed by atoms with E-state index in [2.05, 4.69) is 15.5 Å². The first-order valence-corrected chi connectivity index (χ1v) is 14.4. The molecule has 214 valence electrons. The highest BCUT2D eigenvalue weighted by Crippen LogP contribution is 2.33. The Morgan fingerprint density at radius 3 is 2.36 bits per heavy atom. The molecule has 0 aromatic heterocycles. The molecule has 1 aliphatic rings. The summed E-state index contributed by atoms with van der Waals surface area (Å²) in [6.07, 6.45) is -3.47. The van der Waals surface area contributed by atoms with Gasteiger partial charge in [0.05, 0.1) is 27.6 Å². The number of amides is 2. The van der Waals surface area contributed by atoms with Gasteiger partial charge in [0.2, 0.25) is 11.8 Å². The van der Waals surface area contributed by atoms with Crippen molar-refractivity contribution in [3.63, 3.8) is 0 Å². The molecule has 4 N–H and O–H groups in total. The zero-order valence-corrected chi connectivity index (χ0v) is 23.0. The van der Waals surface area contributed by atoms with Crippen molar-refractivity contribution in [2.75, 3.05) is 23.9 Å². The Labute approximate surface area is 227 Å². The van der Waals surface area contributed by atoms with E-state index in [0.717, 1.165) is 18.6 Å². The number of carbonyl (C=O) groups is 2. The van der Waals surface area contributed by atoms with Gasteiger partial charge in [0.15, 0.2) is 9.84 Å². The van der Waals surface area contributed by atoms with Gasteiger partial charge in [0.25, 0.3) is 0 Å². The largest absolute Gasteiger partial charge is 0.416 e. The van der Waals surface area contributed by atoms with E-state index in [4.69, 9.17) is 5.73 Å². The summed E-state index contributed by atoms with van der Waals surface area (Å²) in [6, 6.07) is 10.5. The number of sulfone groups is 1. The van der Waals surface area contributed by atoms with Gasteiger partial charge in [0, 0.05) is 18.1 Å². The Hall–Kier alpha value is -3.12. The van der Waals surface area contributed by atoms with Crippen LogP contribution in [-0.4, -0.2) is 56.1 Å². The van der Waals surface area contributed by atoms with Gasteiger partial charge < -0.3 is 21.3 Å². The number of hydrogen-bond acceptors (Lipinski definition) is 6. The third kappa shape index (κ3) is 8.18. The second kappa shape index (κ2) is 12.4. The molecule has 3 atom stereocenters. The lowest BCUT2D eigenvalue weighted by atomic mass is 9.81. The summed E-state index contributed by atoms with van der Waals surface area (Å²) < 4.78 is 65.3. The number of alkyl halides is 3. The van der Waals surface area contributed by atoms with Crippen LogP contribution < -0.4 is 16.4 Å². The molecule has 0 unspecified atom stereocenters. The van der Waals surface area contributed by atoms with Crippen LogP contribution in [0.15, 0.2) is 53.4 Å². The van der Waals surface area contributed by atoms with Crippen molar-refractivity contribution in [3.8, 4) is 0 Å². The zero-order chi connectivity index (χ0) is 29.0. The molecule has 1 saturated carbocycles. The Bertz CT molecular complexity index is 1270. The highest BCUT2D eigenvalue weighted by Gasteiger charge is 2.37. The highest BCUT2D eigenvalue weighted by molar-refractivity contribution is 7.91. The molecule has 3 rings (SSSR count). The Morgan fingerprint density at radius 1 is 1.08 bits per heavy atom. The maximum absolute atomic E-state index is 13.1. The molecule has 0 aliphatic heterocycles. The van der Waals surface area contributed by atoms with Gasteiger partial charge >= 0.3 is 6.18 Å². The van der Waals surface area contributed by atoms with Crippen LogP contribution in [0.25, 0.3) is 0 Å². The zero-order valence-electron chi connectivity index (χ0n) is 22.2. The van der Waals surface area contributed by atoms with Crippen LogP contribution in [0.3, 0.4) is 0 Å². The second-order valence-electron chi connectivity index (χ2n) is 10.3. The molecular weight excluding hydrogens is 533 g/mol. The lowest BCUT2D eigenvalue weighted by molar-refractivity contribution is -0.137. The number of halogens is 3. The number of nitrogens with two attached hydrogens (primary N) is 1. The van der Waals surface area contributed by atoms with Crippen LogP contribution >= 0.6 is 0 Å². The van der Waals surface area contributed by atoms with Gasteiger partial charge in [-0.3, -0.25) is 9.59 Å². The first-order valence-electron chi connectivity index (χ1n) is 12.7. The van der Waals surface area contributed by atoms with Crippen molar-refractivity contribution in [1.29, 1.82) is 0 Å². The van der Waals surface area contributed by atoms with Crippen LogP contribution in [0.2, 0.25) is 0 Å². The molecule has 1 fully saturated rings. The van der Waals surface area contributed by atoms with Crippen molar-refractivity contribution in [2.45, 2.75) is 68.7 Å². The average molecular weight is 569 g/mol. The Balaban J connectivity index is 1.72. The smallest absolute Gasteiger partial charge is 0.397 e. The molecule has 0 heterocycles. The van der Waals surface area contributed by atoms with Gasteiger partial charge in [-0.25, -0.2) is 8.42 Å². The molecule has 0 bridgehead atoms. The van der Waals surface area contributed by atoms with E-state index >= 15 is 0 Å². The van der Waals surface area contributed by atoms with E-state index in [9.17, 15) is 31.2 Å². The van der Waals surface area contributed by atoms with Crippen molar-refractivity contribution < 1.29 is 31.2 Å². The predicted molar refractivity (Wildman–Crippen MR) is 144 cm³/mol. The Kier molecular flexibility index (Phi) is 9.65. The third-order valence-corrected chi connectivity index (χ3v) is 9.07. The summed E-state index contributed by atoms with van der Waals surface area (Å²) in [5.74, 6) is -2.03. The number of carbonyl (C=O) groups excluding carboxylic acids is 2. The van der Waals surface area contributed by atoms with E-state index in [1.165, 1.54) is 12.1 Å². The molecule has 2 aromatic rings. The van der Waals surface area contributed by atoms with E-state index < -0.39 is 45.9 Å².